The van der Waals surface area contributed by atoms with E-state index in [9.17, 15) is 4.79 Å². The number of hydrogen-bond donors (Lipinski definition) is 1. The van der Waals surface area contributed by atoms with Crippen LogP contribution in [0.25, 0.3) is 0 Å². The number of benzene rings is 1. The first kappa shape index (κ1) is 13.1. The fourth-order valence-electron chi connectivity index (χ4n) is 2.50. The molecule has 1 amide bonds. The van der Waals surface area contributed by atoms with E-state index in [-0.39, 0.29) is 11.3 Å². The lowest BCUT2D eigenvalue weighted by Crippen LogP contribution is -2.40. The molecule has 1 aliphatic rings. The molecule has 0 radical (unpaired) electrons. The summed E-state index contributed by atoms with van der Waals surface area (Å²) in [7, 11) is 0. The zero-order valence-electron chi connectivity index (χ0n) is 11.1. The number of carbonyl (C=O) groups is 1. The molecule has 0 spiro atoms. The van der Waals surface area contributed by atoms with Crippen molar-refractivity contribution >= 4 is 5.91 Å². The van der Waals surface area contributed by atoms with Crippen molar-refractivity contribution in [2.75, 3.05) is 19.6 Å². The first-order valence-electron chi connectivity index (χ1n) is 6.79. The van der Waals surface area contributed by atoms with Gasteiger partial charge in [-0.1, -0.05) is 30.3 Å². The van der Waals surface area contributed by atoms with E-state index in [2.05, 4.69) is 12.1 Å². The second kappa shape index (κ2) is 5.53. The molecule has 0 saturated heterocycles. The van der Waals surface area contributed by atoms with Gasteiger partial charge in [-0.15, -0.1) is 0 Å². The van der Waals surface area contributed by atoms with Crippen molar-refractivity contribution in [3.63, 3.8) is 0 Å². The Balaban J connectivity index is 2.12. The first-order valence-corrected chi connectivity index (χ1v) is 6.79. The number of hydrogen-bond acceptors (Lipinski definition) is 2. The number of nitrogens with zero attached hydrogens (tertiary/aromatic N) is 1. The summed E-state index contributed by atoms with van der Waals surface area (Å²) >= 11 is 0. The van der Waals surface area contributed by atoms with Gasteiger partial charge in [-0.25, -0.2) is 0 Å². The van der Waals surface area contributed by atoms with Crippen LogP contribution < -0.4 is 5.73 Å². The van der Waals surface area contributed by atoms with Crippen LogP contribution in [0.5, 0.6) is 0 Å². The molecule has 1 saturated carbocycles. The van der Waals surface area contributed by atoms with Gasteiger partial charge in [0.2, 0.25) is 5.91 Å². The number of likely N-dealkylation sites (N-methyl/N-ethyl adjacent to an activating group) is 1. The third-order valence-electron chi connectivity index (χ3n) is 3.79. The molecule has 0 atom stereocenters. The van der Waals surface area contributed by atoms with E-state index in [1.165, 1.54) is 5.56 Å². The Kier molecular flexibility index (Phi) is 4.02. The van der Waals surface area contributed by atoms with E-state index in [0.29, 0.717) is 6.54 Å². The molecular formula is C15H22N2O. The highest BCUT2D eigenvalue weighted by atomic mass is 16.2. The third-order valence-corrected chi connectivity index (χ3v) is 3.79. The summed E-state index contributed by atoms with van der Waals surface area (Å²) in [6.07, 6.45) is 2.84. The van der Waals surface area contributed by atoms with Crippen LogP contribution >= 0.6 is 0 Å². The number of amides is 1. The van der Waals surface area contributed by atoms with E-state index in [0.717, 1.165) is 32.4 Å². The van der Waals surface area contributed by atoms with Crippen LogP contribution in [0.15, 0.2) is 30.3 Å². The van der Waals surface area contributed by atoms with Crippen molar-refractivity contribution < 1.29 is 4.79 Å². The van der Waals surface area contributed by atoms with E-state index >= 15 is 0 Å². The summed E-state index contributed by atoms with van der Waals surface area (Å²) in [5.74, 6) is 0.282. The summed E-state index contributed by atoms with van der Waals surface area (Å²) in [6, 6.07) is 10.2. The highest BCUT2D eigenvalue weighted by molar-refractivity contribution is 5.91. The van der Waals surface area contributed by atoms with E-state index in [1.807, 2.05) is 30.0 Å². The minimum Gasteiger partial charge on any atom is -0.342 e. The monoisotopic (exact) mass is 246 g/mol. The molecule has 0 aliphatic heterocycles. The smallest absolute Gasteiger partial charge is 0.233 e. The molecule has 0 bridgehead atoms. The summed E-state index contributed by atoms with van der Waals surface area (Å²) in [6.45, 7) is 4.23. The molecule has 2 N–H and O–H groups in total. The Morgan fingerprint density at radius 3 is 2.50 bits per heavy atom. The van der Waals surface area contributed by atoms with Crippen molar-refractivity contribution in [2.45, 2.75) is 31.6 Å². The minimum absolute atomic E-state index is 0.230. The van der Waals surface area contributed by atoms with Gasteiger partial charge in [-0.05, 0) is 38.3 Å². The fraction of sp³-hybridized carbons (Fsp3) is 0.533. The maximum Gasteiger partial charge on any atom is 0.233 e. The number of rotatable bonds is 6. The molecule has 0 heterocycles. The fourth-order valence-corrected chi connectivity index (χ4v) is 2.50. The second-order valence-electron chi connectivity index (χ2n) is 4.98. The molecule has 1 aromatic carbocycles. The van der Waals surface area contributed by atoms with Gasteiger partial charge in [-0.3, -0.25) is 4.79 Å². The lowest BCUT2D eigenvalue weighted by Gasteiger charge is -2.26. The highest BCUT2D eigenvalue weighted by Crippen LogP contribution is 2.49. The Bertz CT molecular complexity index is 398. The molecule has 0 unspecified atom stereocenters. The van der Waals surface area contributed by atoms with Gasteiger partial charge < -0.3 is 10.6 Å². The van der Waals surface area contributed by atoms with E-state index < -0.39 is 0 Å². The molecule has 98 valence electrons. The quantitative estimate of drug-likeness (QED) is 0.833. The highest BCUT2D eigenvalue weighted by Gasteiger charge is 2.52. The van der Waals surface area contributed by atoms with Crippen LogP contribution in [0.3, 0.4) is 0 Å². The van der Waals surface area contributed by atoms with Gasteiger partial charge in [0.15, 0.2) is 0 Å². The van der Waals surface area contributed by atoms with Crippen molar-refractivity contribution in [3.8, 4) is 0 Å². The van der Waals surface area contributed by atoms with Gasteiger partial charge in [-0.2, -0.15) is 0 Å². The van der Waals surface area contributed by atoms with Gasteiger partial charge in [0.25, 0.3) is 0 Å². The summed E-state index contributed by atoms with van der Waals surface area (Å²) in [5.41, 5.74) is 6.47. The molecule has 2 rings (SSSR count). The van der Waals surface area contributed by atoms with Crippen molar-refractivity contribution in [2.24, 2.45) is 5.73 Å². The van der Waals surface area contributed by atoms with Crippen molar-refractivity contribution in [1.82, 2.24) is 4.90 Å². The molecule has 3 nitrogen and oxygen atoms in total. The molecule has 1 aliphatic carbocycles. The van der Waals surface area contributed by atoms with Gasteiger partial charge in [0.05, 0.1) is 5.41 Å². The SMILES string of the molecule is CCN(CCCN)C(=O)C1(c2ccccc2)CC1. The number of nitrogens with two attached hydrogens (primary N) is 1. The van der Waals surface area contributed by atoms with Crippen LogP contribution in [0, 0.1) is 0 Å². The van der Waals surface area contributed by atoms with Crippen molar-refractivity contribution in [1.29, 1.82) is 0 Å². The normalized spacial score (nSPS) is 16.3. The van der Waals surface area contributed by atoms with Crippen molar-refractivity contribution in [3.05, 3.63) is 35.9 Å². The predicted molar refractivity (Wildman–Crippen MR) is 73.3 cm³/mol. The molecule has 0 aromatic heterocycles. The average Bonchev–Trinajstić information content (AvgIpc) is 3.22. The third kappa shape index (κ3) is 2.41. The molecule has 1 aromatic rings. The molecular weight excluding hydrogens is 224 g/mol. The summed E-state index contributed by atoms with van der Waals surface area (Å²) < 4.78 is 0. The van der Waals surface area contributed by atoms with Crippen LogP contribution in [0.2, 0.25) is 0 Å². The molecule has 3 heteroatoms. The Morgan fingerprint density at radius 2 is 2.00 bits per heavy atom. The van der Waals surface area contributed by atoms with Gasteiger partial charge >= 0.3 is 0 Å². The number of carbonyl (C=O) groups excluding carboxylic acids is 1. The zero-order valence-corrected chi connectivity index (χ0v) is 11.1. The Labute approximate surface area is 109 Å². The maximum absolute atomic E-state index is 12.6. The predicted octanol–water partition coefficient (Wildman–Crippen LogP) is 1.92. The van der Waals surface area contributed by atoms with Gasteiger partial charge in [0, 0.05) is 13.1 Å². The summed E-state index contributed by atoms with van der Waals surface area (Å²) in [4.78, 5) is 14.6. The molecule has 18 heavy (non-hydrogen) atoms. The van der Waals surface area contributed by atoms with Crippen LogP contribution in [0.4, 0.5) is 0 Å². The standard InChI is InChI=1S/C15H22N2O/c1-2-17(12-6-11-16)14(18)15(9-10-15)13-7-4-3-5-8-13/h3-5,7-8H,2,6,9-12,16H2,1H3. The Hall–Kier alpha value is -1.35. The zero-order chi connectivity index (χ0) is 13.0. The summed E-state index contributed by atoms with van der Waals surface area (Å²) in [5, 5.41) is 0. The topological polar surface area (TPSA) is 46.3 Å². The second-order valence-corrected chi connectivity index (χ2v) is 4.98. The van der Waals surface area contributed by atoms with E-state index in [1.54, 1.807) is 0 Å². The lowest BCUT2D eigenvalue weighted by molar-refractivity contribution is -0.133. The average molecular weight is 246 g/mol. The first-order chi connectivity index (χ1) is 8.74. The lowest BCUT2D eigenvalue weighted by atomic mass is 9.94. The minimum atomic E-state index is -0.230. The molecule has 1 fully saturated rings. The van der Waals surface area contributed by atoms with Crippen LogP contribution in [0.1, 0.15) is 31.7 Å². The Morgan fingerprint density at radius 1 is 1.33 bits per heavy atom. The maximum atomic E-state index is 12.6. The van der Waals surface area contributed by atoms with Gasteiger partial charge in [0.1, 0.15) is 0 Å². The largest absolute Gasteiger partial charge is 0.342 e. The van der Waals surface area contributed by atoms with Crippen LogP contribution in [-0.2, 0) is 10.2 Å². The van der Waals surface area contributed by atoms with E-state index in [4.69, 9.17) is 5.73 Å². The van der Waals surface area contributed by atoms with Crippen LogP contribution in [-0.4, -0.2) is 30.4 Å².